The minimum absolute atomic E-state index is 0.0973. The molecule has 0 spiro atoms. The van der Waals surface area contributed by atoms with Crippen molar-refractivity contribution >= 4 is 23.2 Å². The highest BCUT2D eigenvalue weighted by atomic mass is 16.5. The Morgan fingerprint density at radius 2 is 1.81 bits per heavy atom. The third kappa shape index (κ3) is 3.67. The molecule has 0 saturated carbocycles. The molecule has 142 valence electrons. The minimum Gasteiger partial charge on any atom is -0.493 e. The van der Waals surface area contributed by atoms with Gasteiger partial charge in [0.15, 0.2) is 11.5 Å². The summed E-state index contributed by atoms with van der Waals surface area (Å²) in [6.45, 7) is 0.694. The predicted molar refractivity (Wildman–Crippen MR) is 102 cm³/mol. The van der Waals surface area contributed by atoms with Gasteiger partial charge in [0.1, 0.15) is 0 Å². The van der Waals surface area contributed by atoms with Crippen LogP contribution in [0.15, 0.2) is 36.4 Å². The summed E-state index contributed by atoms with van der Waals surface area (Å²) in [6.07, 6.45) is 1.40. The van der Waals surface area contributed by atoms with E-state index in [0.29, 0.717) is 41.5 Å². The Balaban J connectivity index is 1.87. The summed E-state index contributed by atoms with van der Waals surface area (Å²) in [7, 11) is 4.47. The van der Waals surface area contributed by atoms with Gasteiger partial charge in [0.05, 0.1) is 26.9 Å². The van der Waals surface area contributed by atoms with Crippen LogP contribution >= 0.6 is 0 Å². The highest BCUT2D eigenvalue weighted by molar-refractivity contribution is 6.07. The quantitative estimate of drug-likeness (QED) is 0.846. The lowest BCUT2D eigenvalue weighted by atomic mass is 10.1. The number of carbonyl (C=O) groups excluding carboxylic acids is 2. The molecule has 0 bridgehead atoms. The monoisotopic (exact) mass is 370 g/mol. The van der Waals surface area contributed by atoms with Crippen LogP contribution < -0.4 is 24.4 Å². The lowest BCUT2D eigenvalue weighted by Gasteiger charge is -2.18. The summed E-state index contributed by atoms with van der Waals surface area (Å²) in [5, 5.41) is 2.85. The van der Waals surface area contributed by atoms with Gasteiger partial charge in [0.25, 0.3) is 5.91 Å². The Morgan fingerprint density at radius 1 is 1.04 bits per heavy atom. The maximum atomic E-state index is 12.8. The third-order valence-corrected chi connectivity index (χ3v) is 4.44. The van der Waals surface area contributed by atoms with Crippen molar-refractivity contribution in [3.05, 3.63) is 42.0 Å². The van der Waals surface area contributed by atoms with Crippen LogP contribution in [0.5, 0.6) is 17.2 Å². The standard InChI is InChI=1S/C20H22N2O5/c1-25-16-10-9-15(18(26-2)19(16)27-3)20(24)21-13-6-4-7-14(12-13)22-11-5-8-17(22)23/h4,6-7,9-10,12H,5,8,11H2,1-3H3,(H,21,24). The molecule has 1 N–H and O–H groups in total. The number of rotatable bonds is 6. The van der Waals surface area contributed by atoms with Gasteiger partial charge in [-0.15, -0.1) is 0 Å². The Labute approximate surface area is 157 Å². The molecule has 2 aromatic rings. The zero-order chi connectivity index (χ0) is 19.4. The van der Waals surface area contributed by atoms with Gasteiger partial charge in [-0.2, -0.15) is 0 Å². The molecule has 0 radical (unpaired) electrons. The molecule has 0 atom stereocenters. The molecule has 2 aromatic carbocycles. The fourth-order valence-corrected chi connectivity index (χ4v) is 3.15. The second-order valence-electron chi connectivity index (χ2n) is 6.04. The second kappa shape index (κ2) is 7.99. The minimum atomic E-state index is -0.349. The van der Waals surface area contributed by atoms with Crippen molar-refractivity contribution < 1.29 is 23.8 Å². The van der Waals surface area contributed by atoms with Gasteiger partial charge in [-0.1, -0.05) is 6.07 Å². The van der Waals surface area contributed by atoms with E-state index in [9.17, 15) is 9.59 Å². The molecule has 1 saturated heterocycles. The first-order valence-corrected chi connectivity index (χ1v) is 8.59. The van der Waals surface area contributed by atoms with Gasteiger partial charge < -0.3 is 24.4 Å². The van der Waals surface area contributed by atoms with E-state index in [1.165, 1.54) is 21.3 Å². The molecule has 2 amide bonds. The summed E-state index contributed by atoms with van der Waals surface area (Å²) in [4.78, 5) is 26.5. The number of amides is 2. The molecular weight excluding hydrogens is 348 g/mol. The first-order chi connectivity index (χ1) is 13.1. The zero-order valence-electron chi connectivity index (χ0n) is 15.6. The van der Waals surface area contributed by atoms with E-state index >= 15 is 0 Å². The van der Waals surface area contributed by atoms with Crippen molar-refractivity contribution in [3.8, 4) is 17.2 Å². The van der Waals surface area contributed by atoms with Gasteiger partial charge >= 0.3 is 0 Å². The number of hydrogen-bond acceptors (Lipinski definition) is 5. The normalized spacial score (nSPS) is 13.4. The van der Waals surface area contributed by atoms with E-state index in [4.69, 9.17) is 14.2 Å². The average Bonchev–Trinajstić information content (AvgIpc) is 3.12. The molecule has 1 aliphatic heterocycles. The number of nitrogens with one attached hydrogen (secondary N) is 1. The van der Waals surface area contributed by atoms with E-state index < -0.39 is 0 Å². The molecule has 0 aromatic heterocycles. The molecule has 27 heavy (non-hydrogen) atoms. The lowest BCUT2D eigenvalue weighted by molar-refractivity contribution is -0.117. The number of methoxy groups -OCH3 is 3. The maximum absolute atomic E-state index is 12.8. The zero-order valence-corrected chi connectivity index (χ0v) is 15.6. The van der Waals surface area contributed by atoms with Crippen molar-refractivity contribution in [2.75, 3.05) is 38.1 Å². The van der Waals surface area contributed by atoms with Gasteiger partial charge in [-0.3, -0.25) is 9.59 Å². The first kappa shape index (κ1) is 18.6. The Bertz CT molecular complexity index is 865. The highest BCUT2D eigenvalue weighted by Crippen LogP contribution is 2.40. The molecule has 0 unspecified atom stereocenters. The van der Waals surface area contributed by atoms with Gasteiger partial charge in [-0.05, 0) is 36.8 Å². The Kier molecular flexibility index (Phi) is 5.49. The smallest absolute Gasteiger partial charge is 0.259 e. The largest absolute Gasteiger partial charge is 0.493 e. The van der Waals surface area contributed by atoms with E-state index in [0.717, 1.165) is 12.1 Å². The van der Waals surface area contributed by atoms with E-state index in [1.807, 2.05) is 12.1 Å². The topological polar surface area (TPSA) is 77.1 Å². The van der Waals surface area contributed by atoms with Crippen LogP contribution in [0, 0.1) is 0 Å². The SMILES string of the molecule is COc1ccc(C(=O)Nc2cccc(N3CCCC3=O)c2)c(OC)c1OC. The molecule has 7 nitrogen and oxygen atoms in total. The number of nitrogens with zero attached hydrogens (tertiary/aromatic N) is 1. The van der Waals surface area contributed by atoms with Crippen LogP contribution in [0.4, 0.5) is 11.4 Å². The van der Waals surface area contributed by atoms with Gasteiger partial charge in [0.2, 0.25) is 11.7 Å². The molecule has 0 aliphatic carbocycles. The van der Waals surface area contributed by atoms with E-state index in [2.05, 4.69) is 5.32 Å². The number of anilines is 2. The van der Waals surface area contributed by atoms with E-state index in [1.54, 1.807) is 29.2 Å². The van der Waals surface area contributed by atoms with Crippen LogP contribution in [-0.2, 0) is 4.79 Å². The van der Waals surface area contributed by atoms with Crippen molar-refractivity contribution in [2.45, 2.75) is 12.8 Å². The van der Waals surface area contributed by atoms with E-state index in [-0.39, 0.29) is 11.8 Å². The first-order valence-electron chi connectivity index (χ1n) is 8.59. The van der Waals surface area contributed by atoms with Crippen molar-refractivity contribution in [1.29, 1.82) is 0 Å². The average molecular weight is 370 g/mol. The third-order valence-electron chi connectivity index (χ3n) is 4.44. The lowest BCUT2D eigenvalue weighted by Crippen LogP contribution is -2.23. The van der Waals surface area contributed by atoms with Crippen molar-refractivity contribution in [2.24, 2.45) is 0 Å². The molecule has 7 heteroatoms. The molecule has 1 fully saturated rings. The van der Waals surface area contributed by atoms with Crippen molar-refractivity contribution in [3.63, 3.8) is 0 Å². The summed E-state index contributed by atoms with van der Waals surface area (Å²) in [5.41, 5.74) is 1.68. The van der Waals surface area contributed by atoms with Crippen LogP contribution in [0.2, 0.25) is 0 Å². The predicted octanol–water partition coefficient (Wildman–Crippen LogP) is 3.09. The highest BCUT2D eigenvalue weighted by Gasteiger charge is 2.23. The Hall–Kier alpha value is -3.22. The van der Waals surface area contributed by atoms with Crippen LogP contribution in [0.3, 0.4) is 0 Å². The number of ether oxygens (including phenoxy) is 3. The number of carbonyl (C=O) groups is 2. The molecule has 1 aliphatic rings. The summed E-state index contributed by atoms with van der Waals surface area (Å²) in [6, 6.07) is 10.5. The summed E-state index contributed by atoms with van der Waals surface area (Å²) < 4.78 is 15.9. The number of benzene rings is 2. The van der Waals surface area contributed by atoms with Gasteiger partial charge in [-0.25, -0.2) is 0 Å². The molecule has 1 heterocycles. The van der Waals surface area contributed by atoms with Crippen LogP contribution in [0.25, 0.3) is 0 Å². The molecule has 3 rings (SSSR count). The molecular formula is C20H22N2O5. The van der Waals surface area contributed by atoms with Gasteiger partial charge in [0, 0.05) is 24.3 Å². The summed E-state index contributed by atoms with van der Waals surface area (Å²) in [5.74, 6) is 0.863. The van der Waals surface area contributed by atoms with Crippen LogP contribution in [0.1, 0.15) is 23.2 Å². The summed E-state index contributed by atoms with van der Waals surface area (Å²) >= 11 is 0. The fourth-order valence-electron chi connectivity index (χ4n) is 3.15. The Morgan fingerprint density at radius 3 is 2.44 bits per heavy atom. The number of hydrogen-bond donors (Lipinski definition) is 1. The maximum Gasteiger partial charge on any atom is 0.259 e. The van der Waals surface area contributed by atoms with Crippen molar-refractivity contribution in [1.82, 2.24) is 0 Å². The second-order valence-corrected chi connectivity index (χ2v) is 6.04. The fraction of sp³-hybridized carbons (Fsp3) is 0.300. The van der Waals surface area contributed by atoms with Crippen LogP contribution in [-0.4, -0.2) is 39.7 Å².